The zero-order chi connectivity index (χ0) is 15.5. The van der Waals surface area contributed by atoms with Gasteiger partial charge >= 0.3 is 0 Å². The molecule has 0 heterocycles. The van der Waals surface area contributed by atoms with E-state index in [1.165, 1.54) is 0 Å². The molecule has 0 radical (unpaired) electrons. The summed E-state index contributed by atoms with van der Waals surface area (Å²) in [5.74, 6) is 0.978. The lowest BCUT2D eigenvalue weighted by atomic mass is 10.1. The summed E-state index contributed by atoms with van der Waals surface area (Å²) in [4.78, 5) is 14.9. The smallest absolute Gasteiger partial charge is 0.269 e. The normalized spacial score (nSPS) is 11.4. The van der Waals surface area contributed by atoms with E-state index >= 15 is 0 Å². The van der Waals surface area contributed by atoms with E-state index in [1.807, 2.05) is 0 Å². The van der Waals surface area contributed by atoms with Crippen molar-refractivity contribution in [1.82, 2.24) is 5.32 Å². The van der Waals surface area contributed by atoms with Crippen LogP contribution in [0.25, 0.3) is 0 Å². The second kappa shape index (κ2) is 9.91. The number of amidine groups is 1. The van der Waals surface area contributed by atoms with Crippen molar-refractivity contribution >= 4 is 11.5 Å². The Morgan fingerprint density at radius 1 is 1.19 bits per heavy atom. The van der Waals surface area contributed by atoms with Crippen LogP contribution in [-0.2, 0) is 6.42 Å². The highest BCUT2D eigenvalue weighted by atomic mass is 16.6. The summed E-state index contributed by atoms with van der Waals surface area (Å²) in [6.07, 6.45) is 5.17. The van der Waals surface area contributed by atoms with Gasteiger partial charge in [0.2, 0.25) is 0 Å². The average Bonchev–Trinajstić information content (AvgIpc) is 2.48. The van der Waals surface area contributed by atoms with Gasteiger partial charge in [0.1, 0.15) is 5.84 Å². The third-order valence-corrected chi connectivity index (χ3v) is 3.19. The first-order valence-electron chi connectivity index (χ1n) is 7.67. The van der Waals surface area contributed by atoms with E-state index < -0.39 is 0 Å². The number of nitro benzene ring substituents is 1. The summed E-state index contributed by atoms with van der Waals surface area (Å²) >= 11 is 0. The molecule has 1 rings (SSSR count). The van der Waals surface area contributed by atoms with Gasteiger partial charge < -0.3 is 5.32 Å². The lowest BCUT2D eigenvalue weighted by molar-refractivity contribution is -0.384. The second-order valence-electron chi connectivity index (χ2n) is 5.06. The molecular weight excluding hydrogens is 266 g/mol. The van der Waals surface area contributed by atoms with Gasteiger partial charge in [-0.15, -0.1) is 0 Å². The molecule has 5 heteroatoms. The lowest BCUT2D eigenvalue weighted by Gasteiger charge is -2.10. The van der Waals surface area contributed by atoms with Crippen LogP contribution in [0.4, 0.5) is 5.69 Å². The molecule has 0 saturated heterocycles. The van der Waals surface area contributed by atoms with E-state index in [0.717, 1.165) is 50.2 Å². The van der Waals surface area contributed by atoms with Crippen molar-refractivity contribution in [2.75, 3.05) is 13.1 Å². The maximum atomic E-state index is 10.7. The SMILES string of the molecule is CCCCN=C(Cc1ccc([N+](=O)[O-])cc1)NCCCC. The molecule has 0 aromatic heterocycles. The first kappa shape index (κ1) is 17.1. The molecule has 0 spiro atoms. The number of unbranched alkanes of at least 4 members (excludes halogenated alkanes) is 2. The van der Waals surface area contributed by atoms with Crippen LogP contribution in [0, 0.1) is 10.1 Å². The zero-order valence-electron chi connectivity index (χ0n) is 13.0. The molecule has 0 fully saturated rings. The molecule has 0 aliphatic carbocycles. The van der Waals surface area contributed by atoms with Crippen LogP contribution in [-0.4, -0.2) is 23.8 Å². The van der Waals surface area contributed by atoms with Gasteiger partial charge in [-0.25, -0.2) is 0 Å². The van der Waals surface area contributed by atoms with E-state index in [1.54, 1.807) is 24.3 Å². The molecule has 0 amide bonds. The topological polar surface area (TPSA) is 67.5 Å². The minimum absolute atomic E-state index is 0.127. The minimum atomic E-state index is -0.375. The summed E-state index contributed by atoms with van der Waals surface area (Å²) in [6.45, 7) is 6.06. The van der Waals surface area contributed by atoms with Gasteiger partial charge in [-0.1, -0.05) is 38.8 Å². The highest BCUT2D eigenvalue weighted by molar-refractivity contribution is 5.84. The van der Waals surface area contributed by atoms with Crippen molar-refractivity contribution < 1.29 is 4.92 Å². The van der Waals surface area contributed by atoms with Gasteiger partial charge in [0.25, 0.3) is 5.69 Å². The number of benzene rings is 1. The Hall–Kier alpha value is -1.91. The molecule has 21 heavy (non-hydrogen) atoms. The van der Waals surface area contributed by atoms with Crippen LogP contribution >= 0.6 is 0 Å². The fourth-order valence-electron chi connectivity index (χ4n) is 1.88. The Bertz CT molecular complexity index is 455. The highest BCUT2D eigenvalue weighted by Gasteiger charge is 2.06. The molecule has 1 aromatic carbocycles. The number of aliphatic imine (C=N–C) groups is 1. The lowest BCUT2D eigenvalue weighted by Crippen LogP contribution is -2.27. The van der Waals surface area contributed by atoms with Gasteiger partial charge in [-0.05, 0) is 18.4 Å². The van der Waals surface area contributed by atoms with Crippen LogP contribution in [0.15, 0.2) is 29.3 Å². The summed E-state index contributed by atoms with van der Waals surface area (Å²) in [6, 6.07) is 6.69. The Balaban J connectivity index is 2.65. The number of hydrogen-bond acceptors (Lipinski definition) is 3. The first-order valence-corrected chi connectivity index (χ1v) is 7.67. The molecule has 0 unspecified atom stereocenters. The van der Waals surface area contributed by atoms with E-state index in [9.17, 15) is 10.1 Å². The number of nitrogens with zero attached hydrogens (tertiary/aromatic N) is 2. The van der Waals surface area contributed by atoms with Crippen molar-refractivity contribution in [3.8, 4) is 0 Å². The van der Waals surface area contributed by atoms with Gasteiger partial charge in [-0.2, -0.15) is 0 Å². The van der Waals surface area contributed by atoms with E-state index in [2.05, 4.69) is 24.2 Å². The maximum absolute atomic E-state index is 10.7. The van der Waals surface area contributed by atoms with Crippen LogP contribution in [0.2, 0.25) is 0 Å². The van der Waals surface area contributed by atoms with Crippen molar-refractivity contribution in [1.29, 1.82) is 0 Å². The second-order valence-corrected chi connectivity index (χ2v) is 5.06. The Morgan fingerprint density at radius 3 is 2.43 bits per heavy atom. The fraction of sp³-hybridized carbons (Fsp3) is 0.562. The largest absolute Gasteiger partial charge is 0.374 e. The van der Waals surface area contributed by atoms with Crippen LogP contribution in [0.3, 0.4) is 0 Å². The van der Waals surface area contributed by atoms with Crippen molar-refractivity contribution in [2.45, 2.75) is 46.0 Å². The number of nitro groups is 1. The molecule has 0 aliphatic rings. The molecule has 0 saturated carbocycles. The molecule has 0 bridgehead atoms. The summed E-state index contributed by atoms with van der Waals surface area (Å²) in [5, 5.41) is 14.0. The number of rotatable bonds is 9. The molecule has 1 aromatic rings. The first-order chi connectivity index (χ1) is 10.2. The van der Waals surface area contributed by atoms with Gasteiger partial charge in [-0.3, -0.25) is 15.1 Å². The maximum Gasteiger partial charge on any atom is 0.269 e. The van der Waals surface area contributed by atoms with E-state index in [0.29, 0.717) is 6.42 Å². The standard InChI is InChI=1S/C16H25N3O2/c1-3-5-11-17-16(18-12-6-4-2)13-14-7-9-15(10-8-14)19(20)21/h7-10H,3-6,11-13H2,1-2H3,(H,17,18). The quantitative estimate of drug-likeness (QED) is 0.248. The Kier molecular flexibility index (Phi) is 8.09. The minimum Gasteiger partial charge on any atom is -0.374 e. The van der Waals surface area contributed by atoms with E-state index in [-0.39, 0.29) is 10.6 Å². The van der Waals surface area contributed by atoms with Crippen molar-refractivity contribution in [3.63, 3.8) is 0 Å². The van der Waals surface area contributed by atoms with Gasteiger partial charge in [0, 0.05) is 31.6 Å². The van der Waals surface area contributed by atoms with Crippen LogP contribution in [0.1, 0.15) is 45.1 Å². The molecule has 1 N–H and O–H groups in total. The third-order valence-electron chi connectivity index (χ3n) is 3.19. The predicted octanol–water partition coefficient (Wildman–Crippen LogP) is 3.73. The summed E-state index contributed by atoms with van der Waals surface area (Å²) in [5.41, 5.74) is 1.17. The van der Waals surface area contributed by atoms with Crippen LogP contribution < -0.4 is 5.32 Å². The number of non-ortho nitro benzene ring substituents is 1. The Morgan fingerprint density at radius 2 is 1.86 bits per heavy atom. The molecule has 5 nitrogen and oxygen atoms in total. The average molecular weight is 291 g/mol. The predicted molar refractivity (Wildman–Crippen MR) is 86.9 cm³/mol. The molecule has 0 aliphatic heterocycles. The number of hydrogen-bond donors (Lipinski definition) is 1. The highest BCUT2D eigenvalue weighted by Crippen LogP contribution is 2.12. The monoisotopic (exact) mass is 291 g/mol. The molecule has 116 valence electrons. The van der Waals surface area contributed by atoms with E-state index in [4.69, 9.17) is 0 Å². The van der Waals surface area contributed by atoms with Crippen LogP contribution in [0.5, 0.6) is 0 Å². The molecule has 0 atom stereocenters. The summed E-state index contributed by atoms with van der Waals surface area (Å²) in [7, 11) is 0. The Labute approximate surface area is 126 Å². The van der Waals surface area contributed by atoms with Gasteiger partial charge in [0.15, 0.2) is 0 Å². The molecular formula is C16H25N3O2. The summed E-state index contributed by atoms with van der Waals surface area (Å²) < 4.78 is 0. The third kappa shape index (κ3) is 6.88. The number of nitrogens with one attached hydrogen (secondary N) is 1. The van der Waals surface area contributed by atoms with Crippen molar-refractivity contribution in [3.05, 3.63) is 39.9 Å². The zero-order valence-corrected chi connectivity index (χ0v) is 13.0. The van der Waals surface area contributed by atoms with Gasteiger partial charge in [0.05, 0.1) is 4.92 Å². The van der Waals surface area contributed by atoms with Crippen molar-refractivity contribution in [2.24, 2.45) is 4.99 Å². The fourth-order valence-corrected chi connectivity index (χ4v) is 1.88.